The Morgan fingerprint density at radius 3 is 2.00 bits per heavy atom. The number of alkyl carbamates (subject to hydrolysis) is 1. The van der Waals surface area contributed by atoms with Crippen LogP contribution in [0.2, 0.25) is 0 Å². The number of hydrogen-bond acceptors (Lipinski definition) is 4. The van der Waals surface area contributed by atoms with Gasteiger partial charge in [-0.1, -0.05) is 48.0 Å². The molecule has 2 unspecified atom stereocenters. The number of nitrogens with zero attached hydrogens (tertiary/aromatic N) is 1. The summed E-state index contributed by atoms with van der Waals surface area (Å²) in [6.07, 6.45) is -0.686. The van der Waals surface area contributed by atoms with Gasteiger partial charge in [0.25, 0.3) is 5.91 Å². The van der Waals surface area contributed by atoms with E-state index in [9.17, 15) is 14.4 Å². The van der Waals surface area contributed by atoms with Crippen LogP contribution in [0.5, 0.6) is 0 Å². The van der Waals surface area contributed by atoms with Gasteiger partial charge >= 0.3 is 6.09 Å². The van der Waals surface area contributed by atoms with Gasteiger partial charge in [0.2, 0.25) is 5.91 Å². The molecule has 0 aliphatic carbocycles. The number of anilines is 1. The number of rotatable bonds is 7. The second-order valence-electron chi connectivity index (χ2n) is 10.3. The number of aryl methyl sites for hydroxylation is 3. The van der Waals surface area contributed by atoms with Gasteiger partial charge in [0.1, 0.15) is 17.7 Å². The summed E-state index contributed by atoms with van der Waals surface area (Å²) in [7, 11) is 0. The lowest BCUT2D eigenvalue weighted by atomic mass is 9.99. The highest BCUT2D eigenvalue weighted by molar-refractivity contribution is 6.00. The van der Waals surface area contributed by atoms with E-state index in [1.807, 2.05) is 77.1 Å². The fourth-order valence-electron chi connectivity index (χ4n) is 3.93. The van der Waals surface area contributed by atoms with Gasteiger partial charge in [0, 0.05) is 11.7 Å². The lowest BCUT2D eigenvalue weighted by Crippen LogP contribution is -2.53. The van der Waals surface area contributed by atoms with Gasteiger partial charge in [0.15, 0.2) is 0 Å². The molecule has 2 aromatic rings. The smallest absolute Gasteiger partial charge is 0.408 e. The first-order valence-corrected chi connectivity index (χ1v) is 12.0. The molecule has 2 aromatic carbocycles. The second kappa shape index (κ2) is 11.4. The highest BCUT2D eigenvalue weighted by Gasteiger charge is 2.36. The van der Waals surface area contributed by atoms with E-state index in [1.54, 1.807) is 27.7 Å². The fourth-order valence-corrected chi connectivity index (χ4v) is 3.93. The topological polar surface area (TPSA) is 87.7 Å². The lowest BCUT2D eigenvalue weighted by molar-refractivity contribution is -0.142. The summed E-state index contributed by atoms with van der Waals surface area (Å²) < 4.78 is 5.31. The van der Waals surface area contributed by atoms with Crippen molar-refractivity contribution in [3.8, 4) is 0 Å². The number of para-hydroxylation sites is 1. The molecular formula is C28H39N3O4. The monoisotopic (exact) mass is 481 g/mol. The molecule has 0 spiro atoms. The standard InChI is InChI=1S/C28H39N3O4/c1-17(2)31(26(33)21(6)29-27(34)35-28(7,8)9)24(22-15-10-12-18(3)16-22)25(32)30-23-19(4)13-11-14-20(23)5/h10-17,21,24H,1-9H3,(H,29,34)(H,30,32). The van der Waals surface area contributed by atoms with Crippen LogP contribution in [0.4, 0.5) is 10.5 Å². The zero-order valence-corrected chi connectivity index (χ0v) is 22.4. The molecule has 3 amide bonds. The third-order valence-corrected chi connectivity index (χ3v) is 5.53. The molecule has 7 heteroatoms. The molecule has 35 heavy (non-hydrogen) atoms. The minimum atomic E-state index is -0.899. The Bertz CT molecular complexity index is 1050. The maximum Gasteiger partial charge on any atom is 0.408 e. The van der Waals surface area contributed by atoms with Crippen molar-refractivity contribution in [1.29, 1.82) is 0 Å². The summed E-state index contributed by atoms with van der Waals surface area (Å²) >= 11 is 0. The Balaban J connectivity index is 2.46. The molecule has 0 aliphatic rings. The molecule has 0 saturated carbocycles. The van der Waals surface area contributed by atoms with Gasteiger partial charge in [-0.3, -0.25) is 9.59 Å². The van der Waals surface area contributed by atoms with E-state index < -0.39 is 23.8 Å². The SMILES string of the molecule is Cc1cccc(C(C(=O)Nc2c(C)cccc2C)N(C(=O)C(C)NC(=O)OC(C)(C)C)C(C)C)c1. The summed E-state index contributed by atoms with van der Waals surface area (Å²) in [6.45, 7) is 16.4. The van der Waals surface area contributed by atoms with Gasteiger partial charge in [-0.15, -0.1) is 0 Å². The van der Waals surface area contributed by atoms with Gasteiger partial charge in [0.05, 0.1) is 0 Å². The van der Waals surface area contributed by atoms with Crippen LogP contribution in [0.15, 0.2) is 42.5 Å². The summed E-state index contributed by atoms with van der Waals surface area (Å²) in [5, 5.41) is 5.66. The molecule has 2 N–H and O–H groups in total. The number of carbonyl (C=O) groups is 3. The molecule has 0 radical (unpaired) electrons. The third-order valence-electron chi connectivity index (χ3n) is 5.53. The van der Waals surface area contributed by atoms with Crippen molar-refractivity contribution in [3.05, 3.63) is 64.7 Å². The quantitative estimate of drug-likeness (QED) is 0.551. The maximum atomic E-state index is 13.8. The molecule has 7 nitrogen and oxygen atoms in total. The molecule has 0 aromatic heterocycles. The van der Waals surface area contributed by atoms with E-state index >= 15 is 0 Å². The van der Waals surface area contributed by atoms with Crippen molar-refractivity contribution in [1.82, 2.24) is 10.2 Å². The van der Waals surface area contributed by atoms with E-state index in [-0.39, 0.29) is 17.9 Å². The van der Waals surface area contributed by atoms with Gasteiger partial charge in [-0.25, -0.2) is 4.79 Å². The Hall–Kier alpha value is -3.35. The van der Waals surface area contributed by atoms with Crippen LogP contribution in [0.1, 0.15) is 69.8 Å². The number of nitrogens with one attached hydrogen (secondary N) is 2. The lowest BCUT2D eigenvalue weighted by Gasteiger charge is -2.36. The third kappa shape index (κ3) is 7.57. The van der Waals surface area contributed by atoms with Crippen LogP contribution in [0, 0.1) is 20.8 Å². The van der Waals surface area contributed by atoms with E-state index in [2.05, 4.69) is 10.6 Å². The fraction of sp³-hybridized carbons (Fsp3) is 0.464. The molecule has 190 valence electrons. The van der Waals surface area contributed by atoms with Crippen LogP contribution in [-0.4, -0.2) is 40.5 Å². The normalized spacial score (nSPS) is 13.1. The highest BCUT2D eigenvalue weighted by atomic mass is 16.6. The van der Waals surface area contributed by atoms with Crippen LogP contribution in [-0.2, 0) is 14.3 Å². The van der Waals surface area contributed by atoms with Crippen LogP contribution in [0.25, 0.3) is 0 Å². The van der Waals surface area contributed by atoms with Crippen molar-refractivity contribution in [2.24, 2.45) is 0 Å². The minimum absolute atomic E-state index is 0.320. The molecule has 0 bridgehead atoms. The first-order valence-electron chi connectivity index (χ1n) is 12.0. The van der Waals surface area contributed by atoms with Gasteiger partial charge < -0.3 is 20.3 Å². The summed E-state index contributed by atoms with van der Waals surface area (Å²) in [5.41, 5.74) is 3.57. The Morgan fingerprint density at radius 1 is 0.914 bits per heavy atom. The Kier molecular flexibility index (Phi) is 9.07. The van der Waals surface area contributed by atoms with Crippen LogP contribution >= 0.6 is 0 Å². The maximum absolute atomic E-state index is 13.8. The molecular weight excluding hydrogens is 442 g/mol. The molecule has 0 aliphatic heterocycles. The van der Waals surface area contributed by atoms with E-state index in [0.717, 1.165) is 22.4 Å². The van der Waals surface area contributed by atoms with E-state index in [0.29, 0.717) is 5.56 Å². The summed E-state index contributed by atoms with van der Waals surface area (Å²) in [4.78, 5) is 41.3. The van der Waals surface area contributed by atoms with Crippen molar-refractivity contribution in [2.75, 3.05) is 5.32 Å². The molecule has 0 fully saturated rings. The summed E-state index contributed by atoms with van der Waals surface area (Å²) in [6, 6.07) is 11.3. The van der Waals surface area contributed by atoms with Crippen molar-refractivity contribution >= 4 is 23.6 Å². The van der Waals surface area contributed by atoms with Crippen molar-refractivity contribution in [2.45, 2.75) is 86.0 Å². The predicted molar refractivity (Wildman–Crippen MR) is 139 cm³/mol. The first-order chi connectivity index (χ1) is 16.2. The molecule has 2 atom stereocenters. The predicted octanol–water partition coefficient (Wildman–Crippen LogP) is 5.44. The first kappa shape index (κ1) is 27.9. The zero-order valence-electron chi connectivity index (χ0n) is 22.4. The zero-order chi connectivity index (χ0) is 26.5. The highest BCUT2D eigenvalue weighted by Crippen LogP contribution is 2.28. The van der Waals surface area contributed by atoms with Crippen LogP contribution in [0.3, 0.4) is 0 Å². The Labute approximate surface area is 209 Å². The molecule has 0 heterocycles. The largest absolute Gasteiger partial charge is 0.444 e. The van der Waals surface area contributed by atoms with Crippen molar-refractivity contribution in [3.63, 3.8) is 0 Å². The van der Waals surface area contributed by atoms with Gasteiger partial charge in [-0.05, 0) is 79.0 Å². The van der Waals surface area contributed by atoms with E-state index in [4.69, 9.17) is 4.74 Å². The average Bonchev–Trinajstić information content (AvgIpc) is 2.72. The van der Waals surface area contributed by atoms with Gasteiger partial charge in [-0.2, -0.15) is 0 Å². The van der Waals surface area contributed by atoms with Crippen molar-refractivity contribution < 1.29 is 19.1 Å². The molecule has 2 rings (SSSR count). The van der Waals surface area contributed by atoms with E-state index in [1.165, 1.54) is 4.90 Å². The number of hydrogen-bond donors (Lipinski definition) is 2. The number of amides is 3. The summed E-state index contributed by atoms with van der Waals surface area (Å²) in [5.74, 6) is -0.700. The number of benzene rings is 2. The average molecular weight is 482 g/mol. The van der Waals surface area contributed by atoms with Crippen LogP contribution < -0.4 is 10.6 Å². The minimum Gasteiger partial charge on any atom is -0.444 e. The number of carbonyl (C=O) groups excluding carboxylic acids is 3. The second-order valence-corrected chi connectivity index (χ2v) is 10.3. The number of ether oxygens (including phenoxy) is 1. The molecule has 0 saturated heterocycles. The Morgan fingerprint density at radius 2 is 1.49 bits per heavy atom.